The SMILES string of the molecule is Cn1cnc2cc(C(=O)O[C@@H]3[C@@H]4CCO[C@@H]4C34CCC4)ccc21. The Balaban J connectivity index is 1.40. The van der Waals surface area contributed by atoms with Crippen molar-refractivity contribution in [2.75, 3.05) is 6.61 Å². The van der Waals surface area contributed by atoms with Crippen molar-refractivity contribution in [1.82, 2.24) is 9.55 Å². The largest absolute Gasteiger partial charge is 0.458 e. The molecule has 1 aliphatic heterocycles. The molecule has 2 aliphatic carbocycles. The zero-order chi connectivity index (χ0) is 15.6. The Labute approximate surface area is 134 Å². The highest BCUT2D eigenvalue weighted by molar-refractivity contribution is 5.93. The normalized spacial score (nSPS) is 30.7. The van der Waals surface area contributed by atoms with E-state index in [9.17, 15) is 4.79 Å². The smallest absolute Gasteiger partial charge is 0.338 e. The number of carbonyl (C=O) groups excluding carboxylic acids is 1. The Bertz CT molecular complexity index is 793. The standard InChI is InChI=1S/C18H20N2O3/c1-20-10-19-13-9-11(3-4-14(13)20)17(21)23-16-12-5-8-22-15(12)18(16)6-2-7-18/h3-4,9-10,12,15-16H,2,5-8H2,1H3/t12-,15+,16-/m1/s1. The lowest BCUT2D eigenvalue weighted by atomic mass is 9.47. The summed E-state index contributed by atoms with van der Waals surface area (Å²) in [5, 5.41) is 0. The minimum atomic E-state index is -0.223. The van der Waals surface area contributed by atoms with E-state index in [-0.39, 0.29) is 17.5 Å². The Morgan fingerprint density at radius 1 is 1.43 bits per heavy atom. The van der Waals surface area contributed by atoms with E-state index in [1.807, 2.05) is 29.8 Å². The predicted molar refractivity (Wildman–Crippen MR) is 84.0 cm³/mol. The van der Waals surface area contributed by atoms with Crippen molar-refractivity contribution in [3.8, 4) is 0 Å². The van der Waals surface area contributed by atoms with Gasteiger partial charge in [0.15, 0.2) is 0 Å². The first kappa shape index (κ1) is 13.5. The molecule has 0 N–H and O–H groups in total. The Kier molecular flexibility index (Phi) is 2.69. The summed E-state index contributed by atoms with van der Waals surface area (Å²) in [5.74, 6) is 0.178. The van der Waals surface area contributed by atoms with E-state index >= 15 is 0 Å². The number of aryl methyl sites for hydroxylation is 1. The van der Waals surface area contributed by atoms with Crippen molar-refractivity contribution in [3.63, 3.8) is 0 Å². The van der Waals surface area contributed by atoms with Crippen molar-refractivity contribution in [3.05, 3.63) is 30.1 Å². The first-order chi connectivity index (χ1) is 11.2. The molecule has 3 aliphatic rings. The van der Waals surface area contributed by atoms with Gasteiger partial charge in [0, 0.05) is 25.0 Å². The average Bonchev–Trinajstić information content (AvgIpc) is 3.08. The Hall–Kier alpha value is -1.88. The molecular weight excluding hydrogens is 292 g/mol. The van der Waals surface area contributed by atoms with Crippen LogP contribution in [0.15, 0.2) is 24.5 Å². The lowest BCUT2D eigenvalue weighted by molar-refractivity contribution is -0.234. The number of aromatic nitrogens is 2. The summed E-state index contributed by atoms with van der Waals surface area (Å²) in [6.45, 7) is 0.811. The van der Waals surface area contributed by atoms with Crippen LogP contribution in [0.4, 0.5) is 0 Å². The molecule has 5 rings (SSSR count). The lowest BCUT2D eigenvalue weighted by Gasteiger charge is -2.61. The first-order valence-electron chi connectivity index (χ1n) is 8.43. The minimum absolute atomic E-state index is 0.0377. The zero-order valence-corrected chi connectivity index (χ0v) is 13.2. The van der Waals surface area contributed by atoms with Gasteiger partial charge in [-0.3, -0.25) is 0 Å². The van der Waals surface area contributed by atoms with Crippen LogP contribution in [0.3, 0.4) is 0 Å². The van der Waals surface area contributed by atoms with E-state index in [4.69, 9.17) is 9.47 Å². The highest BCUT2D eigenvalue weighted by Gasteiger charge is 2.68. The van der Waals surface area contributed by atoms with Crippen LogP contribution in [0.25, 0.3) is 11.0 Å². The van der Waals surface area contributed by atoms with Gasteiger partial charge < -0.3 is 14.0 Å². The summed E-state index contributed by atoms with van der Waals surface area (Å²) in [5.41, 5.74) is 2.56. The number of benzene rings is 1. The second-order valence-corrected chi connectivity index (χ2v) is 7.22. The molecule has 0 unspecified atom stereocenters. The number of ether oxygens (including phenoxy) is 2. The third-order valence-electron chi connectivity index (χ3n) is 6.14. The number of hydrogen-bond donors (Lipinski definition) is 0. The lowest BCUT2D eigenvalue weighted by Crippen LogP contribution is -2.67. The summed E-state index contributed by atoms with van der Waals surface area (Å²) < 4.78 is 13.8. The zero-order valence-electron chi connectivity index (χ0n) is 13.2. The van der Waals surface area contributed by atoms with E-state index < -0.39 is 0 Å². The molecule has 1 saturated heterocycles. The molecule has 2 heterocycles. The van der Waals surface area contributed by atoms with Crippen LogP contribution in [0, 0.1) is 11.3 Å². The van der Waals surface area contributed by atoms with Gasteiger partial charge in [-0.25, -0.2) is 9.78 Å². The van der Waals surface area contributed by atoms with Crippen LogP contribution in [-0.2, 0) is 16.5 Å². The van der Waals surface area contributed by atoms with Crippen molar-refractivity contribution in [2.45, 2.75) is 37.9 Å². The van der Waals surface area contributed by atoms with Crippen LogP contribution >= 0.6 is 0 Å². The van der Waals surface area contributed by atoms with Gasteiger partial charge in [0.1, 0.15) is 6.10 Å². The molecule has 0 amide bonds. The van der Waals surface area contributed by atoms with Crippen LogP contribution < -0.4 is 0 Å². The summed E-state index contributed by atoms with van der Waals surface area (Å²) in [6.07, 6.45) is 6.62. The molecule has 3 fully saturated rings. The van der Waals surface area contributed by atoms with Gasteiger partial charge in [-0.2, -0.15) is 0 Å². The van der Waals surface area contributed by atoms with Gasteiger partial charge >= 0.3 is 5.97 Å². The molecule has 1 aromatic carbocycles. The third-order valence-corrected chi connectivity index (χ3v) is 6.14. The molecule has 3 atom stereocenters. The van der Waals surface area contributed by atoms with Gasteiger partial charge in [0.25, 0.3) is 0 Å². The molecule has 1 aromatic heterocycles. The maximum Gasteiger partial charge on any atom is 0.338 e. The fourth-order valence-corrected chi connectivity index (χ4v) is 4.78. The van der Waals surface area contributed by atoms with Crippen LogP contribution in [0.1, 0.15) is 36.0 Å². The van der Waals surface area contributed by atoms with Crippen molar-refractivity contribution in [2.24, 2.45) is 18.4 Å². The molecule has 23 heavy (non-hydrogen) atoms. The summed E-state index contributed by atoms with van der Waals surface area (Å²) in [7, 11) is 1.95. The summed E-state index contributed by atoms with van der Waals surface area (Å²) in [6, 6.07) is 5.59. The van der Waals surface area contributed by atoms with E-state index in [0.717, 1.165) is 36.9 Å². The van der Waals surface area contributed by atoms with E-state index in [1.54, 1.807) is 6.33 Å². The van der Waals surface area contributed by atoms with Crippen LogP contribution in [0.2, 0.25) is 0 Å². The number of fused-ring (bicyclic) bond motifs is 3. The molecular formula is C18H20N2O3. The molecule has 1 spiro atoms. The monoisotopic (exact) mass is 312 g/mol. The van der Waals surface area contributed by atoms with Crippen molar-refractivity contribution in [1.29, 1.82) is 0 Å². The van der Waals surface area contributed by atoms with Gasteiger partial charge in [0.05, 0.1) is 29.0 Å². The molecule has 5 nitrogen and oxygen atoms in total. The maximum atomic E-state index is 12.6. The molecule has 2 saturated carbocycles. The van der Waals surface area contributed by atoms with Gasteiger partial charge in [-0.05, 0) is 37.5 Å². The second kappa shape index (κ2) is 4.57. The minimum Gasteiger partial charge on any atom is -0.458 e. The summed E-state index contributed by atoms with van der Waals surface area (Å²) >= 11 is 0. The maximum absolute atomic E-state index is 12.6. The van der Waals surface area contributed by atoms with Crippen molar-refractivity contribution < 1.29 is 14.3 Å². The highest BCUT2D eigenvalue weighted by atomic mass is 16.6. The number of imidazole rings is 1. The number of rotatable bonds is 2. The molecule has 5 heteroatoms. The topological polar surface area (TPSA) is 53.4 Å². The Morgan fingerprint density at radius 3 is 3.09 bits per heavy atom. The van der Waals surface area contributed by atoms with Crippen LogP contribution in [-0.4, -0.2) is 34.3 Å². The van der Waals surface area contributed by atoms with Crippen LogP contribution in [0.5, 0.6) is 0 Å². The third kappa shape index (κ3) is 1.71. The predicted octanol–water partition coefficient (Wildman–Crippen LogP) is 2.69. The molecule has 0 radical (unpaired) electrons. The second-order valence-electron chi connectivity index (χ2n) is 7.22. The summed E-state index contributed by atoms with van der Waals surface area (Å²) in [4.78, 5) is 16.9. The van der Waals surface area contributed by atoms with Crippen molar-refractivity contribution >= 4 is 17.0 Å². The average molecular weight is 312 g/mol. The fourth-order valence-electron chi connectivity index (χ4n) is 4.78. The van der Waals surface area contributed by atoms with Gasteiger partial charge in [0.2, 0.25) is 0 Å². The number of nitrogens with zero attached hydrogens (tertiary/aromatic N) is 2. The van der Waals surface area contributed by atoms with E-state index in [0.29, 0.717) is 17.6 Å². The number of esters is 1. The molecule has 0 bridgehead atoms. The van der Waals surface area contributed by atoms with Gasteiger partial charge in [-0.15, -0.1) is 0 Å². The highest BCUT2D eigenvalue weighted by Crippen LogP contribution is 2.64. The number of carbonyl (C=O) groups is 1. The molecule has 120 valence electrons. The quantitative estimate of drug-likeness (QED) is 0.800. The number of hydrogen-bond acceptors (Lipinski definition) is 4. The van der Waals surface area contributed by atoms with E-state index in [1.165, 1.54) is 6.42 Å². The fraction of sp³-hybridized carbons (Fsp3) is 0.556. The Morgan fingerprint density at radius 2 is 2.30 bits per heavy atom. The first-order valence-corrected chi connectivity index (χ1v) is 8.43. The van der Waals surface area contributed by atoms with Gasteiger partial charge in [-0.1, -0.05) is 6.42 Å². The molecule has 2 aromatic rings. The van der Waals surface area contributed by atoms with E-state index in [2.05, 4.69) is 4.98 Å².